The number of nitrogens with one attached hydrogen (secondary N) is 2. The number of rotatable bonds is 4. The van der Waals surface area contributed by atoms with Gasteiger partial charge in [0.1, 0.15) is 17.5 Å². The van der Waals surface area contributed by atoms with Gasteiger partial charge in [0.25, 0.3) is 5.91 Å². The Balaban J connectivity index is 1.53. The molecule has 1 aromatic heterocycles. The SMILES string of the molecule is CC(=O)Nc1nc(C(=O)NC[C@H]2Cc3ccccc3O2)cs1. The number of hydrogen-bond donors (Lipinski definition) is 2. The molecule has 2 N–H and O–H groups in total. The summed E-state index contributed by atoms with van der Waals surface area (Å²) in [5.74, 6) is 0.397. The molecule has 2 amide bonds. The van der Waals surface area contributed by atoms with Crippen LogP contribution < -0.4 is 15.4 Å². The second-order valence-electron chi connectivity index (χ2n) is 4.98. The topological polar surface area (TPSA) is 80.3 Å². The average Bonchev–Trinajstić information content (AvgIpc) is 3.10. The Morgan fingerprint density at radius 2 is 2.23 bits per heavy atom. The van der Waals surface area contributed by atoms with Crippen LogP contribution >= 0.6 is 11.3 Å². The van der Waals surface area contributed by atoms with Gasteiger partial charge in [-0.3, -0.25) is 9.59 Å². The third-order valence-electron chi connectivity index (χ3n) is 3.22. The molecule has 1 aromatic carbocycles. The smallest absolute Gasteiger partial charge is 0.270 e. The van der Waals surface area contributed by atoms with Crippen LogP contribution in [-0.2, 0) is 11.2 Å². The summed E-state index contributed by atoms with van der Waals surface area (Å²) in [6.07, 6.45) is 0.722. The minimum Gasteiger partial charge on any atom is -0.488 e. The molecule has 0 saturated heterocycles. The van der Waals surface area contributed by atoms with Gasteiger partial charge in [-0.05, 0) is 11.6 Å². The maximum atomic E-state index is 12.0. The minimum absolute atomic E-state index is 0.0604. The third kappa shape index (κ3) is 3.25. The summed E-state index contributed by atoms with van der Waals surface area (Å²) >= 11 is 1.22. The quantitative estimate of drug-likeness (QED) is 0.901. The summed E-state index contributed by atoms with van der Waals surface area (Å²) in [5, 5.41) is 7.40. The van der Waals surface area contributed by atoms with E-state index >= 15 is 0 Å². The fourth-order valence-corrected chi connectivity index (χ4v) is 2.99. The molecule has 0 spiro atoms. The van der Waals surface area contributed by atoms with Crippen LogP contribution in [0.2, 0.25) is 0 Å². The molecule has 0 unspecified atom stereocenters. The van der Waals surface area contributed by atoms with Crippen molar-refractivity contribution in [3.63, 3.8) is 0 Å². The molecule has 1 aliphatic rings. The monoisotopic (exact) mass is 317 g/mol. The van der Waals surface area contributed by atoms with E-state index in [-0.39, 0.29) is 17.9 Å². The molecule has 2 heterocycles. The zero-order valence-corrected chi connectivity index (χ0v) is 12.8. The lowest BCUT2D eigenvalue weighted by atomic mass is 10.1. The van der Waals surface area contributed by atoms with Gasteiger partial charge in [-0.15, -0.1) is 11.3 Å². The highest BCUT2D eigenvalue weighted by Crippen LogP contribution is 2.27. The van der Waals surface area contributed by atoms with Crippen LogP contribution in [0.15, 0.2) is 29.6 Å². The molecule has 22 heavy (non-hydrogen) atoms. The van der Waals surface area contributed by atoms with Crippen LogP contribution in [0.4, 0.5) is 5.13 Å². The van der Waals surface area contributed by atoms with E-state index in [2.05, 4.69) is 15.6 Å². The van der Waals surface area contributed by atoms with Crippen molar-refractivity contribution in [1.29, 1.82) is 0 Å². The van der Waals surface area contributed by atoms with E-state index in [1.807, 2.05) is 24.3 Å². The first-order chi connectivity index (χ1) is 10.6. The molecule has 6 nitrogen and oxygen atoms in total. The normalized spacial score (nSPS) is 15.8. The van der Waals surface area contributed by atoms with Crippen molar-refractivity contribution >= 4 is 28.3 Å². The molecule has 0 aliphatic carbocycles. The minimum atomic E-state index is -0.271. The Bertz CT molecular complexity index is 689. The Morgan fingerprint density at radius 3 is 3.00 bits per heavy atom. The van der Waals surface area contributed by atoms with Crippen LogP contribution in [-0.4, -0.2) is 29.4 Å². The number of carbonyl (C=O) groups excluding carboxylic acids is 2. The van der Waals surface area contributed by atoms with E-state index in [1.54, 1.807) is 5.38 Å². The number of benzene rings is 1. The molecular formula is C15H15N3O3S. The summed E-state index contributed by atoms with van der Waals surface area (Å²) in [7, 11) is 0. The number of para-hydroxylation sites is 1. The first-order valence-electron chi connectivity index (χ1n) is 6.87. The number of ether oxygens (including phenoxy) is 1. The van der Waals surface area contributed by atoms with Crippen molar-refractivity contribution in [2.24, 2.45) is 0 Å². The summed E-state index contributed by atoms with van der Waals surface area (Å²) in [6, 6.07) is 7.86. The summed E-state index contributed by atoms with van der Waals surface area (Å²) in [5.41, 5.74) is 1.45. The Kier molecular flexibility index (Phi) is 4.06. The summed E-state index contributed by atoms with van der Waals surface area (Å²) in [6.45, 7) is 1.82. The number of anilines is 1. The molecule has 0 fully saturated rings. The molecule has 7 heteroatoms. The van der Waals surface area contributed by atoms with E-state index < -0.39 is 0 Å². The van der Waals surface area contributed by atoms with Gasteiger partial charge in [0.05, 0.1) is 6.54 Å². The third-order valence-corrected chi connectivity index (χ3v) is 3.98. The van der Waals surface area contributed by atoms with E-state index in [0.717, 1.165) is 17.7 Å². The zero-order chi connectivity index (χ0) is 15.5. The number of amides is 2. The number of thiazole rings is 1. The fraction of sp³-hybridized carbons (Fsp3) is 0.267. The lowest BCUT2D eigenvalue weighted by molar-refractivity contribution is -0.114. The Morgan fingerprint density at radius 1 is 1.41 bits per heavy atom. The number of fused-ring (bicyclic) bond motifs is 1. The summed E-state index contributed by atoms with van der Waals surface area (Å²) < 4.78 is 5.76. The maximum Gasteiger partial charge on any atom is 0.270 e. The molecule has 3 rings (SSSR count). The highest BCUT2D eigenvalue weighted by Gasteiger charge is 2.23. The van der Waals surface area contributed by atoms with Gasteiger partial charge in [0.15, 0.2) is 5.13 Å². The Hall–Kier alpha value is -2.41. The van der Waals surface area contributed by atoms with E-state index in [1.165, 1.54) is 18.3 Å². The molecular weight excluding hydrogens is 302 g/mol. The predicted octanol–water partition coefficient (Wildman–Crippen LogP) is 1.83. The van der Waals surface area contributed by atoms with Crippen LogP contribution in [0, 0.1) is 0 Å². The summed E-state index contributed by atoms with van der Waals surface area (Å²) in [4.78, 5) is 27.0. The zero-order valence-electron chi connectivity index (χ0n) is 12.0. The van der Waals surface area contributed by atoms with E-state index in [4.69, 9.17) is 4.74 Å². The van der Waals surface area contributed by atoms with Crippen molar-refractivity contribution in [1.82, 2.24) is 10.3 Å². The van der Waals surface area contributed by atoms with Gasteiger partial charge < -0.3 is 15.4 Å². The van der Waals surface area contributed by atoms with E-state index in [0.29, 0.717) is 17.4 Å². The van der Waals surface area contributed by atoms with Crippen molar-refractivity contribution in [3.05, 3.63) is 40.9 Å². The lowest BCUT2D eigenvalue weighted by Crippen LogP contribution is -2.34. The molecule has 2 aromatic rings. The number of carbonyl (C=O) groups is 2. The fourth-order valence-electron chi connectivity index (χ4n) is 2.25. The van der Waals surface area contributed by atoms with Gasteiger partial charge in [-0.25, -0.2) is 4.98 Å². The van der Waals surface area contributed by atoms with Crippen LogP contribution in [0.3, 0.4) is 0 Å². The highest BCUT2D eigenvalue weighted by molar-refractivity contribution is 7.14. The number of aromatic nitrogens is 1. The second kappa shape index (κ2) is 6.15. The van der Waals surface area contributed by atoms with Gasteiger partial charge in [-0.2, -0.15) is 0 Å². The standard InChI is InChI=1S/C15H15N3O3S/c1-9(19)17-15-18-12(8-22-15)14(20)16-7-11-6-10-4-2-3-5-13(10)21-11/h2-5,8,11H,6-7H2,1H3,(H,16,20)(H,17,18,19)/t11-/m1/s1. The van der Waals surface area contributed by atoms with Gasteiger partial charge in [-0.1, -0.05) is 18.2 Å². The highest BCUT2D eigenvalue weighted by atomic mass is 32.1. The molecule has 1 atom stereocenters. The number of hydrogen-bond acceptors (Lipinski definition) is 5. The van der Waals surface area contributed by atoms with Crippen LogP contribution in [0.25, 0.3) is 0 Å². The molecule has 0 radical (unpaired) electrons. The van der Waals surface area contributed by atoms with Crippen molar-refractivity contribution in [2.45, 2.75) is 19.4 Å². The largest absolute Gasteiger partial charge is 0.488 e. The van der Waals surface area contributed by atoms with E-state index in [9.17, 15) is 9.59 Å². The first kappa shape index (κ1) is 14.5. The first-order valence-corrected chi connectivity index (χ1v) is 7.75. The predicted molar refractivity (Wildman–Crippen MR) is 83.3 cm³/mol. The van der Waals surface area contributed by atoms with Gasteiger partial charge in [0.2, 0.25) is 5.91 Å². The van der Waals surface area contributed by atoms with Crippen molar-refractivity contribution in [2.75, 3.05) is 11.9 Å². The lowest BCUT2D eigenvalue weighted by Gasteiger charge is -2.11. The van der Waals surface area contributed by atoms with Crippen LogP contribution in [0.1, 0.15) is 23.0 Å². The van der Waals surface area contributed by atoms with Gasteiger partial charge >= 0.3 is 0 Å². The maximum absolute atomic E-state index is 12.0. The van der Waals surface area contributed by atoms with Gasteiger partial charge in [0, 0.05) is 18.7 Å². The molecule has 114 valence electrons. The number of nitrogens with zero attached hydrogens (tertiary/aromatic N) is 1. The Labute approximate surface area is 131 Å². The van der Waals surface area contributed by atoms with Crippen LogP contribution in [0.5, 0.6) is 5.75 Å². The average molecular weight is 317 g/mol. The second-order valence-corrected chi connectivity index (χ2v) is 5.84. The molecule has 0 bridgehead atoms. The van der Waals surface area contributed by atoms with Crippen molar-refractivity contribution in [3.8, 4) is 5.75 Å². The molecule has 0 saturated carbocycles. The van der Waals surface area contributed by atoms with Crippen molar-refractivity contribution < 1.29 is 14.3 Å². The molecule has 1 aliphatic heterocycles.